The largest absolute Gasteiger partial charge is 0.508 e. The average molecular weight is 554 g/mol. The lowest BCUT2D eigenvalue weighted by Crippen LogP contribution is -2.44. The van der Waals surface area contributed by atoms with Crippen LogP contribution in [0.5, 0.6) is 17.2 Å². The molecule has 1 heterocycles. The molecule has 1 aliphatic rings. The zero-order valence-corrected chi connectivity index (χ0v) is 21.5. The van der Waals surface area contributed by atoms with E-state index in [0.29, 0.717) is 18.3 Å². The van der Waals surface area contributed by atoms with Crippen LogP contribution in [0.15, 0.2) is 47.5 Å². The molecule has 0 aliphatic carbocycles. The van der Waals surface area contributed by atoms with Crippen LogP contribution in [0.3, 0.4) is 0 Å². The Morgan fingerprint density at radius 2 is 1.88 bits per heavy atom. The van der Waals surface area contributed by atoms with E-state index in [0.717, 1.165) is 62.0 Å². The molecule has 0 spiro atoms. The topological polar surface area (TPSA) is 78.4 Å². The number of aliphatic imine (C=N–C) groups is 1. The number of benzene rings is 2. The number of aromatic hydroxyl groups is 1. The van der Waals surface area contributed by atoms with Crippen molar-refractivity contribution in [3.8, 4) is 17.2 Å². The summed E-state index contributed by atoms with van der Waals surface area (Å²) in [7, 11) is 3.35. The predicted molar refractivity (Wildman–Crippen MR) is 140 cm³/mol. The quantitative estimate of drug-likeness (QED) is 0.251. The summed E-state index contributed by atoms with van der Waals surface area (Å²) < 4.78 is 10.8. The second-order valence-corrected chi connectivity index (χ2v) is 7.77. The monoisotopic (exact) mass is 554 g/mol. The molecular formula is C24H35IN4O3. The van der Waals surface area contributed by atoms with Gasteiger partial charge in [0.1, 0.15) is 17.2 Å². The zero-order valence-electron chi connectivity index (χ0n) is 19.1. The van der Waals surface area contributed by atoms with Crippen LogP contribution >= 0.6 is 24.0 Å². The summed E-state index contributed by atoms with van der Waals surface area (Å²) in [6.45, 7) is 6.40. The van der Waals surface area contributed by atoms with E-state index in [9.17, 15) is 5.11 Å². The number of methoxy groups -OCH3 is 2. The summed E-state index contributed by atoms with van der Waals surface area (Å²) >= 11 is 0. The highest BCUT2D eigenvalue weighted by molar-refractivity contribution is 14.0. The highest BCUT2D eigenvalue weighted by atomic mass is 127. The highest BCUT2D eigenvalue weighted by Crippen LogP contribution is 2.24. The molecular weight excluding hydrogens is 519 g/mol. The fourth-order valence-corrected chi connectivity index (χ4v) is 3.83. The molecule has 32 heavy (non-hydrogen) atoms. The number of ether oxygens (including phenoxy) is 2. The molecule has 2 aromatic rings. The van der Waals surface area contributed by atoms with Crippen molar-refractivity contribution in [2.45, 2.75) is 32.4 Å². The number of hydrogen-bond donors (Lipinski definition) is 3. The van der Waals surface area contributed by atoms with Crippen molar-refractivity contribution in [1.29, 1.82) is 0 Å². The number of nitrogens with zero attached hydrogens (tertiary/aromatic N) is 2. The number of guanidine groups is 1. The molecule has 1 fully saturated rings. The molecule has 1 unspecified atom stereocenters. The summed E-state index contributed by atoms with van der Waals surface area (Å²) in [6, 6.07) is 13.7. The van der Waals surface area contributed by atoms with Gasteiger partial charge in [0.25, 0.3) is 0 Å². The zero-order chi connectivity index (χ0) is 22.1. The lowest BCUT2D eigenvalue weighted by molar-refractivity contribution is 0.321. The van der Waals surface area contributed by atoms with Gasteiger partial charge in [-0.2, -0.15) is 0 Å². The molecule has 0 saturated carbocycles. The van der Waals surface area contributed by atoms with Crippen molar-refractivity contribution >= 4 is 29.9 Å². The summed E-state index contributed by atoms with van der Waals surface area (Å²) in [5, 5.41) is 16.5. The van der Waals surface area contributed by atoms with Gasteiger partial charge in [0.15, 0.2) is 5.96 Å². The molecule has 8 heteroatoms. The van der Waals surface area contributed by atoms with E-state index in [1.54, 1.807) is 26.4 Å². The molecule has 0 bridgehead atoms. The minimum absolute atomic E-state index is 0. The molecule has 0 aromatic heterocycles. The van der Waals surface area contributed by atoms with Crippen molar-refractivity contribution in [2.24, 2.45) is 4.99 Å². The molecule has 2 aromatic carbocycles. The number of rotatable bonds is 9. The Morgan fingerprint density at radius 1 is 1.12 bits per heavy atom. The molecule has 1 aliphatic heterocycles. The molecule has 7 nitrogen and oxygen atoms in total. The smallest absolute Gasteiger partial charge is 0.191 e. The van der Waals surface area contributed by atoms with E-state index < -0.39 is 0 Å². The summed E-state index contributed by atoms with van der Waals surface area (Å²) in [5.41, 5.74) is 2.27. The number of phenolic OH excluding ortho intramolecular Hbond substituents is 1. The van der Waals surface area contributed by atoms with E-state index in [-0.39, 0.29) is 24.0 Å². The first-order chi connectivity index (χ1) is 15.1. The molecule has 1 saturated heterocycles. The lowest BCUT2D eigenvalue weighted by atomic mass is 10.1. The van der Waals surface area contributed by atoms with Crippen LogP contribution in [-0.2, 0) is 13.0 Å². The van der Waals surface area contributed by atoms with Gasteiger partial charge < -0.3 is 25.2 Å². The fourth-order valence-electron chi connectivity index (χ4n) is 3.83. The van der Waals surface area contributed by atoms with Gasteiger partial charge in [-0.15, -0.1) is 24.0 Å². The Hall–Kier alpha value is -2.20. The Labute approximate surface area is 208 Å². The van der Waals surface area contributed by atoms with Crippen LogP contribution in [-0.4, -0.2) is 62.4 Å². The third-order valence-electron chi connectivity index (χ3n) is 5.36. The first-order valence-corrected chi connectivity index (χ1v) is 10.9. The maximum Gasteiger partial charge on any atom is 0.191 e. The minimum atomic E-state index is 0. The molecule has 3 rings (SSSR count). The van der Waals surface area contributed by atoms with Gasteiger partial charge in [-0.3, -0.25) is 9.89 Å². The van der Waals surface area contributed by atoms with E-state index in [1.165, 1.54) is 5.56 Å². The Morgan fingerprint density at radius 3 is 2.53 bits per heavy atom. The van der Waals surface area contributed by atoms with Crippen LogP contribution in [0.25, 0.3) is 0 Å². The minimum Gasteiger partial charge on any atom is -0.508 e. The van der Waals surface area contributed by atoms with E-state index in [4.69, 9.17) is 14.5 Å². The van der Waals surface area contributed by atoms with Crippen molar-refractivity contribution < 1.29 is 14.6 Å². The maximum atomic E-state index is 9.61. The number of halogens is 1. The van der Waals surface area contributed by atoms with Gasteiger partial charge in [0.2, 0.25) is 0 Å². The number of nitrogens with one attached hydrogen (secondary N) is 2. The Bertz CT molecular complexity index is 856. The number of likely N-dealkylation sites (tertiary alicyclic amines) is 1. The standard InChI is InChI=1S/C24H34N4O3.HI/c1-4-25-24(26-10-8-18-6-5-7-21(29)12-18)27-20-9-11-28(17-20)16-19-13-22(30-2)15-23(14-19)31-3;/h5-7,12-15,20,29H,4,8-11,16-17H2,1-3H3,(H2,25,26,27);1H. The Kier molecular flexibility index (Phi) is 10.9. The second kappa shape index (κ2) is 13.4. The van der Waals surface area contributed by atoms with Gasteiger partial charge in [0, 0.05) is 44.8 Å². The van der Waals surface area contributed by atoms with Crippen LogP contribution in [0, 0.1) is 0 Å². The van der Waals surface area contributed by atoms with Crippen molar-refractivity contribution in [3.63, 3.8) is 0 Å². The highest BCUT2D eigenvalue weighted by Gasteiger charge is 2.23. The first-order valence-electron chi connectivity index (χ1n) is 10.9. The maximum absolute atomic E-state index is 9.61. The van der Waals surface area contributed by atoms with Crippen molar-refractivity contribution in [1.82, 2.24) is 15.5 Å². The first kappa shape index (κ1) is 26.1. The van der Waals surface area contributed by atoms with Crippen LogP contribution in [0.4, 0.5) is 0 Å². The molecule has 0 radical (unpaired) electrons. The molecule has 1 atom stereocenters. The van der Waals surface area contributed by atoms with Gasteiger partial charge in [-0.1, -0.05) is 12.1 Å². The normalized spacial score (nSPS) is 16.3. The van der Waals surface area contributed by atoms with E-state index in [2.05, 4.69) is 34.6 Å². The Balaban J connectivity index is 0.00000363. The van der Waals surface area contributed by atoms with Crippen LogP contribution in [0.2, 0.25) is 0 Å². The van der Waals surface area contributed by atoms with E-state index >= 15 is 0 Å². The van der Waals surface area contributed by atoms with Gasteiger partial charge in [0.05, 0.1) is 14.2 Å². The van der Waals surface area contributed by atoms with Crippen molar-refractivity contribution in [2.75, 3.05) is 40.4 Å². The average Bonchev–Trinajstić information content (AvgIpc) is 3.20. The number of hydrogen-bond acceptors (Lipinski definition) is 5. The molecule has 0 amide bonds. The second-order valence-electron chi connectivity index (χ2n) is 7.77. The molecule has 176 valence electrons. The summed E-state index contributed by atoms with van der Waals surface area (Å²) in [4.78, 5) is 7.15. The van der Waals surface area contributed by atoms with Crippen LogP contribution in [0.1, 0.15) is 24.5 Å². The van der Waals surface area contributed by atoms with Gasteiger partial charge in [-0.25, -0.2) is 0 Å². The third-order valence-corrected chi connectivity index (χ3v) is 5.36. The lowest BCUT2D eigenvalue weighted by Gasteiger charge is -2.19. The summed E-state index contributed by atoms with van der Waals surface area (Å²) in [5.74, 6) is 2.77. The third kappa shape index (κ3) is 8.05. The van der Waals surface area contributed by atoms with E-state index in [1.807, 2.05) is 18.2 Å². The fraction of sp³-hybridized carbons (Fsp3) is 0.458. The van der Waals surface area contributed by atoms with Gasteiger partial charge >= 0.3 is 0 Å². The predicted octanol–water partition coefficient (Wildman–Crippen LogP) is 3.40. The van der Waals surface area contributed by atoms with Gasteiger partial charge in [-0.05, 0) is 55.2 Å². The summed E-state index contributed by atoms with van der Waals surface area (Å²) in [6.07, 6.45) is 1.86. The molecule has 3 N–H and O–H groups in total. The van der Waals surface area contributed by atoms with Crippen LogP contribution < -0.4 is 20.1 Å². The number of phenols is 1. The SMILES string of the molecule is CCNC(=NCCc1cccc(O)c1)NC1CCN(Cc2cc(OC)cc(OC)c2)C1.I. The van der Waals surface area contributed by atoms with Crippen molar-refractivity contribution in [3.05, 3.63) is 53.6 Å².